The SMILES string of the molecule is COCC1CC2(CCN(S(=O)(=O)c3ccccc3C)CC2)CO1. The first kappa shape index (κ1) is 16.9. The van der Waals surface area contributed by atoms with Crippen LogP contribution >= 0.6 is 0 Å². The molecule has 6 heteroatoms. The molecule has 0 N–H and O–H groups in total. The van der Waals surface area contributed by atoms with Crippen LogP contribution in [0, 0.1) is 12.3 Å². The van der Waals surface area contributed by atoms with Gasteiger partial charge in [-0.3, -0.25) is 0 Å². The quantitative estimate of drug-likeness (QED) is 0.844. The molecule has 0 aromatic heterocycles. The number of piperidine rings is 1. The summed E-state index contributed by atoms with van der Waals surface area (Å²) in [5.74, 6) is 0. The molecule has 0 bridgehead atoms. The predicted molar refractivity (Wildman–Crippen MR) is 87.8 cm³/mol. The zero-order chi connectivity index (χ0) is 16.5. The molecular weight excluding hydrogens is 314 g/mol. The first-order valence-corrected chi connectivity index (χ1v) is 9.57. The van der Waals surface area contributed by atoms with Crippen LogP contribution in [0.15, 0.2) is 29.2 Å². The van der Waals surface area contributed by atoms with E-state index in [9.17, 15) is 8.42 Å². The van der Waals surface area contributed by atoms with Crippen molar-refractivity contribution in [3.05, 3.63) is 29.8 Å². The molecule has 0 aliphatic carbocycles. The number of hydrogen-bond donors (Lipinski definition) is 0. The van der Waals surface area contributed by atoms with Crippen molar-refractivity contribution in [2.24, 2.45) is 5.41 Å². The average Bonchev–Trinajstić information content (AvgIpc) is 2.91. The van der Waals surface area contributed by atoms with Gasteiger partial charge in [-0.2, -0.15) is 4.31 Å². The van der Waals surface area contributed by atoms with Gasteiger partial charge in [0.2, 0.25) is 10.0 Å². The summed E-state index contributed by atoms with van der Waals surface area (Å²) in [5.41, 5.74) is 0.929. The third-order valence-electron chi connectivity index (χ3n) is 5.13. The van der Waals surface area contributed by atoms with E-state index in [1.807, 2.05) is 19.1 Å². The first-order chi connectivity index (χ1) is 11.0. The lowest BCUT2D eigenvalue weighted by atomic mass is 9.77. The summed E-state index contributed by atoms with van der Waals surface area (Å²) in [5, 5.41) is 0. The van der Waals surface area contributed by atoms with Gasteiger partial charge in [0.05, 0.1) is 24.2 Å². The summed E-state index contributed by atoms with van der Waals surface area (Å²) < 4.78 is 38.3. The van der Waals surface area contributed by atoms with Gasteiger partial charge >= 0.3 is 0 Å². The number of aryl methyl sites for hydroxylation is 1. The summed E-state index contributed by atoms with van der Waals surface area (Å²) in [7, 11) is -1.71. The van der Waals surface area contributed by atoms with Crippen LogP contribution in [0.1, 0.15) is 24.8 Å². The number of sulfonamides is 1. The highest BCUT2D eigenvalue weighted by molar-refractivity contribution is 7.89. The lowest BCUT2D eigenvalue weighted by Gasteiger charge is -2.37. The number of rotatable bonds is 4. The molecule has 0 radical (unpaired) electrons. The van der Waals surface area contributed by atoms with Crippen LogP contribution < -0.4 is 0 Å². The molecule has 23 heavy (non-hydrogen) atoms. The van der Waals surface area contributed by atoms with Crippen molar-refractivity contribution in [1.29, 1.82) is 0 Å². The molecule has 2 aliphatic rings. The zero-order valence-corrected chi connectivity index (χ0v) is 14.6. The van der Waals surface area contributed by atoms with Crippen LogP contribution in [0.5, 0.6) is 0 Å². The molecular formula is C17H25NO4S. The van der Waals surface area contributed by atoms with Gasteiger partial charge in [0.1, 0.15) is 0 Å². The lowest BCUT2D eigenvalue weighted by molar-refractivity contribution is 0.0312. The molecule has 1 unspecified atom stereocenters. The smallest absolute Gasteiger partial charge is 0.243 e. The normalized spacial score (nSPS) is 25.0. The summed E-state index contributed by atoms with van der Waals surface area (Å²) >= 11 is 0. The zero-order valence-electron chi connectivity index (χ0n) is 13.8. The van der Waals surface area contributed by atoms with Gasteiger partial charge in [-0.05, 0) is 43.2 Å². The molecule has 5 nitrogen and oxygen atoms in total. The van der Waals surface area contributed by atoms with Gasteiger partial charge in [0.25, 0.3) is 0 Å². The standard InChI is InChI=1S/C17H25NO4S/c1-14-5-3-4-6-16(14)23(19,20)18-9-7-17(8-10-18)11-15(12-21-2)22-13-17/h3-6,15H,7-13H2,1-2H3. The van der Waals surface area contributed by atoms with E-state index in [0.29, 0.717) is 24.6 Å². The fraction of sp³-hybridized carbons (Fsp3) is 0.647. The third-order valence-corrected chi connectivity index (χ3v) is 7.19. The molecule has 3 rings (SSSR count). The van der Waals surface area contributed by atoms with Crippen LogP contribution in [0.3, 0.4) is 0 Å². The van der Waals surface area contributed by atoms with E-state index in [2.05, 4.69) is 0 Å². The van der Waals surface area contributed by atoms with E-state index in [1.54, 1.807) is 23.5 Å². The maximum absolute atomic E-state index is 12.9. The van der Waals surface area contributed by atoms with E-state index in [0.717, 1.165) is 31.4 Å². The van der Waals surface area contributed by atoms with Crippen molar-refractivity contribution in [3.63, 3.8) is 0 Å². The Labute approximate surface area is 138 Å². The van der Waals surface area contributed by atoms with Crippen LogP contribution in [0.4, 0.5) is 0 Å². The Hall–Kier alpha value is -0.950. The second kappa shape index (κ2) is 6.51. The molecule has 2 heterocycles. The minimum absolute atomic E-state index is 0.126. The Morgan fingerprint density at radius 1 is 1.30 bits per heavy atom. The van der Waals surface area contributed by atoms with E-state index in [1.165, 1.54) is 0 Å². The molecule has 1 aromatic rings. The summed E-state index contributed by atoms with van der Waals surface area (Å²) in [6.07, 6.45) is 2.84. The van der Waals surface area contributed by atoms with E-state index in [4.69, 9.17) is 9.47 Å². The number of methoxy groups -OCH3 is 1. The highest BCUT2D eigenvalue weighted by Crippen LogP contribution is 2.43. The maximum Gasteiger partial charge on any atom is 0.243 e. The van der Waals surface area contributed by atoms with Crippen LogP contribution in [0.25, 0.3) is 0 Å². The van der Waals surface area contributed by atoms with Crippen molar-refractivity contribution in [2.45, 2.75) is 37.2 Å². The fourth-order valence-electron chi connectivity index (χ4n) is 3.72. The molecule has 1 atom stereocenters. The molecule has 2 fully saturated rings. The largest absolute Gasteiger partial charge is 0.382 e. The molecule has 0 saturated carbocycles. The van der Waals surface area contributed by atoms with Gasteiger partial charge in [-0.15, -0.1) is 0 Å². The third kappa shape index (κ3) is 3.31. The Bertz CT molecular complexity index is 650. The number of nitrogens with zero attached hydrogens (tertiary/aromatic N) is 1. The minimum Gasteiger partial charge on any atom is -0.382 e. The number of ether oxygens (including phenoxy) is 2. The fourth-order valence-corrected chi connectivity index (χ4v) is 5.39. The lowest BCUT2D eigenvalue weighted by Crippen LogP contribution is -2.43. The van der Waals surface area contributed by atoms with Gasteiger partial charge in [-0.25, -0.2) is 8.42 Å². The van der Waals surface area contributed by atoms with E-state index < -0.39 is 10.0 Å². The number of benzene rings is 1. The van der Waals surface area contributed by atoms with Crippen LogP contribution in [-0.2, 0) is 19.5 Å². The highest BCUT2D eigenvalue weighted by Gasteiger charge is 2.44. The van der Waals surface area contributed by atoms with Crippen molar-refractivity contribution < 1.29 is 17.9 Å². The predicted octanol–water partition coefficient (Wildman–Crippen LogP) is 2.20. The molecule has 2 aliphatic heterocycles. The van der Waals surface area contributed by atoms with Gasteiger partial charge < -0.3 is 9.47 Å². The highest BCUT2D eigenvalue weighted by atomic mass is 32.2. The first-order valence-electron chi connectivity index (χ1n) is 8.13. The Balaban J connectivity index is 1.69. The van der Waals surface area contributed by atoms with Gasteiger partial charge in [-0.1, -0.05) is 18.2 Å². The Morgan fingerprint density at radius 2 is 2.00 bits per heavy atom. The van der Waals surface area contributed by atoms with Crippen molar-refractivity contribution >= 4 is 10.0 Å². The molecule has 1 spiro atoms. The summed E-state index contributed by atoms with van der Waals surface area (Å²) in [6.45, 7) is 4.32. The molecule has 1 aromatic carbocycles. The summed E-state index contributed by atoms with van der Waals surface area (Å²) in [4.78, 5) is 0.427. The van der Waals surface area contributed by atoms with Crippen molar-refractivity contribution in [3.8, 4) is 0 Å². The van der Waals surface area contributed by atoms with Gasteiger partial charge in [0.15, 0.2) is 0 Å². The Kier molecular flexibility index (Phi) is 4.78. The second-order valence-electron chi connectivity index (χ2n) is 6.76. The summed E-state index contributed by atoms with van der Waals surface area (Å²) in [6, 6.07) is 7.19. The van der Waals surface area contributed by atoms with E-state index in [-0.39, 0.29) is 11.5 Å². The van der Waals surface area contributed by atoms with Crippen molar-refractivity contribution in [1.82, 2.24) is 4.31 Å². The Morgan fingerprint density at radius 3 is 2.65 bits per heavy atom. The molecule has 0 amide bonds. The molecule has 128 valence electrons. The maximum atomic E-state index is 12.9. The van der Waals surface area contributed by atoms with Crippen LogP contribution in [0.2, 0.25) is 0 Å². The topological polar surface area (TPSA) is 55.8 Å². The monoisotopic (exact) mass is 339 g/mol. The van der Waals surface area contributed by atoms with Crippen molar-refractivity contribution in [2.75, 3.05) is 33.4 Å². The van der Waals surface area contributed by atoms with Gasteiger partial charge in [0, 0.05) is 20.2 Å². The number of hydrogen-bond acceptors (Lipinski definition) is 4. The van der Waals surface area contributed by atoms with E-state index >= 15 is 0 Å². The average molecular weight is 339 g/mol. The van der Waals surface area contributed by atoms with Crippen LogP contribution in [-0.4, -0.2) is 52.2 Å². The minimum atomic E-state index is -3.39. The second-order valence-corrected chi connectivity index (χ2v) is 8.67. The molecule has 2 saturated heterocycles.